The van der Waals surface area contributed by atoms with Crippen molar-refractivity contribution in [1.82, 2.24) is 20.2 Å². The fourth-order valence-electron chi connectivity index (χ4n) is 3.52. The van der Waals surface area contributed by atoms with Crippen LogP contribution in [0.15, 0.2) is 59.8 Å². The summed E-state index contributed by atoms with van der Waals surface area (Å²) in [6, 6.07) is 14.4. The first kappa shape index (κ1) is 20.4. The fraction of sp³-hybridized carbons (Fsp3) is 0.273. The third kappa shape index (κ3) is 4.07. The van der Waals surface area contributed by atoms with Crippen LogP contribution in [0.5, 0.6) is 11.5 Å². The summed E-state index contributed by atoms with van der Waals surface area (Å²) in [5.41, 5.74) is 2.63. The number of benzene rings is 2. The van der Waals surface area contributed by atoms with Gasteiger partial charge >= 0.3 is 0 Å². The molecule has 1 atom stereocenters. The number of methoxy groups -OCH3 is 1. The van der Waals surface area contributed by atoms with E-state index in [2.05, 4.69) is 33.1 Å². The number of tetrazole rings is 1. The molecule has 4 rings (SSSR count). The molecular formula is C22H24N6O3. The highest BCUT2D eigenvalue weighted by molar-refractivity contribution is 6.06. The van der Waals surface area contributed by atoms with E-state index in [0.717, 1.165) is 17.7 Å². The molecule has 31 heavy (non-hydrogen) atoms. The van der Waals surface area contributed by atoms with Crippen LogP contribution >= 0.6 is 0 Å². The second kappa shape index (κ2) is 8.86. The molecule has 0 saturated carbocycles. The normalized spacial score (nSPS) is 15.1. The van der Waals surface area contributed by atoms with E-state index in [1.165, 1.54) is 0 Å². The molecule has 0 unspecified atom stereocenters. The molecule has 0 saturated heterocycles. The van der Waals surface area contributed by atoms with Crippen molar-refractivity contribution < 1.29 is 14.3 Å². The zero-order chi connectivity index (χ0) is 21.8. The van der Waals surface area contributed by atoms with Crippen LogP contribution in [0.1, 0.15) is 31.9 Å². The van der Waals surface area contributed by atoms with E-state index < -0.39 is 6.04 Å². The van der Waals surface area contributed by atoms with Gasteiger partial charge in [-0.2, -0.15) is 4.68 Å². The number of nitrogens with one attached hydrogen (secondary N) is 2. The second-order valence-corrected chi connectivity index (χ2v) is 7.09. The van der Waals surface area contributed by atoms with Crippen LogP contribution in [-0.4, -0.2) is 39.8 Å². The molecule has 160 valence electrons. The minimum Gasteiger partial charge on any atom is -0.495 e. The van der Waals surface area contributed by atoms with Gasteiger partial charge in [-0.15, -0.1) is 0 Å². The largest absolute Gasteiger partial charge is 0.495 e. The summed E-state index contributed by atoms with van der Waals surface area (Å²) in [6.45, 7) is 4.54. The molecule has 9 nitrogen and oxygen atoms in total. The number of carbonyl (C=O) groups is 1. The van der Waals surface area contributed by atoms with Crippen molar-refractivity contribution in [1.29, 1.82) is 0 Å². The third-order valence-corrected chi connectivity index (χ3v) is 4.98. The summed E-state index contributed by atoms with van der Waals surface area (Å²) in [5.74, 6) is 1.56. The monoisotopic (exact) mass is 420 g/mol. The van der Waals surface area contributed by atoms with Crippen molar-refractivity contribution in [3.05, 3.63) is 65.4 Å². The predicted molar refractivity (Wildman–Crippen MR) is 116 cm³/mol. The lowest BCUT2D eigenvalue weighted by Gasteiger charge is -2.28. The Hall–Kier alpha value is -3.88. The van der Waals surface area contributed by atoms with E-state index >= 15 is 0 Å². The third-order valence-electron chi connectivity index (χ3n) is 4.98. The summed E-state index contributed by atoms with van der Waals surface area (Å²) in [4.78, 5) is 13.4. The Bertz CT molecular complexity index is 1110. The summed E-state index contributed by atoms with van der Waals surface area (Å²) in [6.07, 6.45) is 0.930. The first-order valence-corrected chi connectivity index (χ1v) is 10.0. The smallest absolute Gasteiger partial charge is 0.255 e. The van der Waals surface area contributed by atoms with E-state index in [9.17, 15) is 4.79 Å². The molecule has 2 aromatic carbocycles. The number of carbonyl (C=O) groups excluding carboxylic acids is 1. The minimum atomic E-state index is -0.499. The number of hydrogen-bond acceptors (Lipinski definition) is 7. The molecule has 0 bridgehead atoms. The molecule has 1 aromatic heterocycles. The summed E-state index contributed by atoms with van der Waals surface area (Å²) in [5, 5.41) is 18.0. The van der Waals surface area contributed by atoms with Crippen LogP contribution in [0, 0.1) is 0 Å². The van der Waals surface area contributed by atoms with E-state index in [1.54, 1.807) is 23.9 Å². The standard InChI is InChI=1S/C22H24N6O3/c1-4-13-31-16-11-9-15(10-12-16)20-19(14(2)23-22-25-26-27-28(20)22)21(29)24-17-7-5-6-8-18(17)30-3/h5-12,20H,4,13H2,1-3H3,(H,24,29)(H,23,25,27)/t20-/m0/s1. The van der Waals surface area contributed by atoms with Gasteiger partial charge in [0, 0.05) is 5.70 Å². The van der Waals surface area contributed by atoms with Crippen molar-refractivity contribution in [3.63, 3.8) is 0 Å². The van der Waals surface area contributed by atoms with Crippen LogP contribution < -0.4 is 20.1 Å². The Labute approximate surface area is 180 Å². The molecule has 0 aliphatic carbocycles. The molecule has 2 N–H and O–H groups in total. The van der Waals surface area contributed by atoms with E-state index in [-0.39, 0.29) is 5.91 Å². The van der Waals surface area contributed by atoms with Gasteiger partial charge in [0.25, 0.3) is 5.91 Å². The first-order chi connectivity index (χ1) is 15.1. The van der Waals surface area contributed by atoms with Crippen LogP contribution in [0.3, 0.4) is 0 Å². The maximum absolute atomic E-state index is 13.4. The lowest BCUT2D eigenvalue weighted by atomic mass is 9.95. The SMILES string of the molecule is CCCOc1ccc([C@H]2C(C(=O)Nc3ccccc3OC)=C(C)Nc3nnnn32)cc1. The summed E-state index contributed by atoms with van der Waals surface area (Å²) < 4.78 is 12.7. The number of nitrogens with zero attached hydrogens (tertiary/aromatic N) is 4. The average Bonchev–Trinajstić information content (AvgIpc) is 3.25. The maximum Gasteiger partial charge on any atom is 0.255 e. The molecule has 1 amide bonds. The lowest BCUT2D eigenvalue weighted by molar-refractivity contribution is -0.113. The van der Waals surface area contributed by atoms with Crippen LogP contribution in [0.4, 0.5) is 11.6 Å². The van der Waals surface area contributed by atoms with Crippen LogP contribution in [-0.2, 0) is 4.79 Å². The Morgan fingerprint density at radius 2 is 1.97 bits per heavy atom. The predicted octanol–water partition coefficient (Wildman–Crippen LogP) is 3.40. The Morgan fingerprint density at radius 3 is 2.71 bits per heavy atom. The molecule has 1 aliphatic rings. The number of anilines is 2. The number of fused-ring (bicyclic) bond motifs is 1. The van der Waals surface area contributed by atoms with Gasteiger partial charge in [0.1, 0.15) is 17.5 Å². The van der Waals surface area contributed by atoms with Gasteiger partial charge in [-0.25, -0.2) is 0 Å². The van der Waals surface area contributed by atoms with Crippen molar-refractivity contribution in [3.8, 4) is 11.5 Å². The van der Waals surface area contributed by atoms with Crippen molar-refractivity contribution >= 4 is 17.5 Å². The number of aromatic nitrogens is 4. The fourth-order valence-corrected chi connectivity index (χ4v) is 3.52. The molecular weight excluding hydrogens is 396 g/mol. The van der Waals surface area contributed by atoms with Gasteiger partial charge < -0.3 is 20.1 Å². The Morgan fingerprint density at radius 1 is 1.19 bits per heavy atom. The Balaban J connectivity index is 1.70. The number of para-hydroxylation sites is 2. The topological polar surface area (TPSA) is 103 Å². The molecule has 0 spiro atoms. The number of rotatable bonds is 7. The number of hydrogen-bond donors (Lipinski definition) is 2. The molecule has 9 heteroatoms. The van der Waals surface area contributed by atoms with Crippen molar-refractivity contribution in [2.24, 2.45) is 0 Å². The van der Waals surface area contributed by atoms with Gasteiger partial charge in [0.15, 0.2) is 0 Å². The molecule has 1 aliphatic heterocycles. The average molecular weight is 420 g/mol. The van der Waals surface area contributed by atoms with Crippen LogP contribution in [0.25, 0.3) is 0 Å². The summed E-state index contributed by atoms with van der Waals surface area (Å²) in [7, 11) is 1.57. The van der Waals surface area contributed by atoms with Gasteiger partial charge in [-0.1, -0.05) is 36.3 Å². The molecule has 3 aromatic rings. The van der Waals surface area contributed by atoms with Gasteiger partial charge in [0.2, 0.25) is 5.95 Å². The lowest BCUT2D eigenvalue weighted by Crippen LogP contribution is -2.31. The van der Waals surface area contributed by atoms with Gasteiger partial charge in [-0.3, -0.25) is 4.79 Å². The van der Waals surface area contributed by atoms with Gasteiger partial charge in [0.05, 0.1) is 25.0 Å². The highest BCUT2D eigenvalue weighted by Gasteiger charge is 2.34. The number of ether oxygens (including phenoxy) is 2. The molecule has 2 heterocycles. The number of allylic oxidation sites excluding steroid dienone is 1. The second-order valence-electron chi connectivity index (χ2n) is 7.09. The minimum absolute atomic E-state index is 0.271. The zero-order valence-electron chi connectivity index (χ0n) is 17.6. The quantitative estimate of drug-likeness (QED) is 0.604. The highest BCUT2D eigenvalue weighted by atomic mass is 16.5. The van der Waals surface area contributed by atoms with E-state index in [0.29, 0.717) is 35.3 Å². The Kier molecular flexibility index (Phi) is 5.83. The maximum atomic E-state index is 13.4. The number of amides is 1. The molecule has 0 fully saturated rings. The first-order valence-electron chi connectivity index (χ1n) is 10.0. The van der Waals surface area contributed by atoms with Gasteiger partial charge in [-0.05, 0) is 53.6 Å². The van der Waals surface area contributed by atoms with E-state index in [1.807, 2.05) is 43.3 Å². The van der Waals surface area contributed by atoms with Crippen molar-refractivity contribution in [2.75, 3.05) is 24.4 Å². The zero-order valence-corrected chi connectivity index (χ0v) is 17.6. The molecule has 0 radical (unpaired) electrons. The van der Waals surface area contributed by atoms with E-state index in [4.69, 9.17) is 9.47 Å². The summed E-state index contributed by atoms with van der Waals surface area (Å²) >= 11 is 0. The van der Waals surface area contributed by atoms with Crippen LogP contribution in [0.2, 0.25) is 0 Å². The highest BCUT2D eigenvalue weighted by Crippen LogP contribution is 2.36. The van der Waals surface area contributed by atoms with Crippen molar-refractivity contribution in [2.45, 2.75) is 26.3 Å².